The zero-order chi connectivity index (χ0) is 39.3. The van der Waals surface area contributed by atoms with Crippen molar-refractivity contribution in [3.05, 3.63) is 90.1 Å². The van der Waals surface area contributed by atoms with Gasteiger partial charge in [-0.05, 0) is 92.8 Å². The summed E-state index contributed by atoms with van der Waals surface area (Å²) >= 11 is 0. The Morgan fingerprint density at radius 1 is 0.945 bits per heavy atom. The molecule has 0 spiro atoms. The number of amides is 3. The second-order valence-corrected chi connectivity index (χ2v) is 17.3. The van der Waals surface area contributed by atoms with Crippen LogP contribution in [0.5, 0.6) is 5.75 Å². The van der Waals surface area contributed by atoms with Crippen molar-refractivity contribution in [2.45, 2.75) is 77.1 Å². The normalized spacial score (nSPS) is 17.5. The number of hydrogen-bond acceptors (Lipinski definition) is 8. The number of aromatic nitrogens is 1. The van der Waals surface area contributed by atoms with Crippen LogP contribution in [-0.2, 0) is 42.2 Å². The highest BCUT2D eigenvalue weighted by atomic mass is 32.2. The first-order chi connectivity index (χ1) is 26.2. The standard InChI is InChI=1S/C42H52N4O8S/c1-42(2,3)54-41(49)45-22-20-35(31-11-8-10-30(24-31)29-14-18-34(19-15-29)53-28-39(47)43-55(5,50)51)37(27-45)40(48)46(33-16-17-33)26-32-25-44(21-9-23-52-4)38-13-7-6-12-36(32)38/h6-8,10-15,18-19,24-25,33,35,37H,9,16-17,20-23,26-28H2,1-5H3,(H,43,47)/t35-,37+/m1/s1. The summed E-state index contributed by atoms with van der Waals surface area (Å²) in [5, 5.41) is 1.13. The minimum Gasteiger partial charge on any atom is -0.484 e. The summed E-state index contributed by atoms with van der Waals surface area (Å²) in [5.41, 5.74) is 4.45. The van der Waals surface area contributed by atoms with E-state index in [1.165, 1.54) is 0 Å². The van der Waals surface area contributed by atoms with Crippen molar-refractivity contribution in [3.63, 3.8) is 0 Å². The molecule has 6 rings (SSSR count). The summed E-state index contributed by atoms with van der Waals surface area (Å²) in [4.78, 5) is 44.0. The number of benzene rings is 3. The predicted octanol–water partition coefficient (Wildman–Crippen LogP) is 6.33. The number of carbonyl (C=O) groups is 3. The number of para-hydroxylation sites is 1. The molecule has 1 aromatic heterocycles. The third-order valence-corrected chi connectivity index (χ3v) is 10.6. The molecule has 1 aliphatic carbocycles. The molecule has 13 heteroatoms. The lowest BCUT2D eigenvalue weighted by molar-refractivity contribution is -0.139. The Bertz CT molecular complexity index is 2100. The number of methoxy groups -OCH3 is 1. The molecule has 1 aliphatic heterocycles. The van der Waals surface area contributed by atoms with E-state index in [9.17, 15) is 18.0 Å². The predicted molar refractivity (Wildman–Crippen MR) is 211 cm³/mol. The van der Waals surface area contributed by atoms with Gasteiger partial charge in [0.15, 0.2) is 6.61 Å². The first-order valence-electron chi connectivity index (χ1n) is 18.9. The lowest BCUT2D eigenvalue weighted by Gasteiger charge is -2.40. The van der Waals surface area contributed by atoms with Crippen LogP contribution in [0, 0.1) is 5.92 Å². The van der Waals surface area contributed by atoms with Gasteiger partial charge in [-0.3, -0.25) is 14.3 Å². The molecule has 2 fully saturated rings. The van der Waals surface area contributed by atoms with Crippen LogP contribution in [0.25, 0.3) is 22.0 Å². The maximum absolute atomic E-state index is 15.0. The Kier molecular flexibility index (Phi) is 12.2. The molecule has 1 saturated heterocycles. The number of likely N-dealkylation sites (tertiary alicyclic amines) is 1. The Balaban J connectivity index is 1.26. The van der Waals surface area contributed by atoms with Crippen LogP contribution in [0.2, 0.25) is 0 Å². The molecular weight excluding hydrogens is 721 g/mol. The summed E-state index contributed by atoms with van der Waals surface area (Å²) in [6, 6.07) is 23.8. The van der Waals surface area contributed by atoms with Crippen molar-refractivity contribution in [1.82, 2.24) is 19.1 Å². The number of carbonyl (C=O) groups excluding carboxylic acids is 3. The molecule has 3 amide bonds. The summed E-state index contributed by atoms with van der Waals surface area (Å²) in [7, 11) is -1.96. The van der Waals surface area contributed by atoms with E-state index in [-0.39, 0.29) is 24.4 Å². The number of sulfonamides is 1. The molecule has 294 valence electrons. The highest BCUT2D eigenvalue weighted by Gasteiger charge is 2.43. The van der Waals surface area contributed by atoms with Gasteiger partial charge < -0.3 is 28.6 Å². The van der Waals surface area contributed by atoms with Gasteiger partial charge in [0.05, 0.1) is 12.2 Å². The van der Waals surface area contributed by atoms with E-state index < -0.39 is 40.1 Å². The Hall–Kier alpha value is -4.88. The molecule has 55 heavy (non-hydrogen) atoms. The van der Waals surface area contributed by atoms with Gasteiger partial charge in [-0.2, -0.15) is 0 Å². The Labute approximate surface area is 323 Å². The zero-order valence-corrected chi connectivity index (χ0v) is 33.1. The monoisotopic (exact) mass is 772 g/mol. The fraction of sp³-hybridized carbons (Fsp3) is 0.452. The van der Waals surface area contributed by atoms with Crippen molar-refractivity contribution < 1.29 is 37.0 Å². The van der Waals surface area contributed by atoms with E-state index in [0.717, 1.165) is 65.2 Å². The van der Waals surface area contributed by atoms with Gasteiger partial charge in [-0.1, -0.05) is 54.6 Å². The molecule has 0 bridgehead atoms. The molecule has 0 unspecified atom stereocenters. The second kappa shape index (κ2) is 16.9. The van der Waals surface area contributed by atoms with Crippen molar-refractivity contribution in [1.29, 1.82) is 0 Å². The molecule has 4 aromatic rings. The van der Waals surface area contributed by atoms with Gasteiger partial charge in [0.1, 0.15) is 11.4 Å². The van der Waals surface area contributed by atoms with Crippen LogP contribution in [0.1, 0.15) is 63.5 Å². The van der Waals surface area contributed by atoms with E-state index in [4.69, 9.17) is 14.2 Å². The average molecular weight is 773 g/mol. The smallest absolute Gasteiger partial charge is 0.410 e. The molecule has 2 heterocycles. The number of rotatable bonds is 14. The van der Waals surface area contributed by atoms with E-state index in [0.29, 0.717) is 31.9 Å². The van der Waals surface area contributed by atoms with E-state index in [1.54, 1.807) is 24.1 Å². The van der Waals surface area contributed by atoms with Gasteiger partial charge in [-0.15, -0.1) is 0 Å². The van der Waals surface area contributed by atoms with Crippen LogP contribution in [0.4, 0.5) is 4.79 Å². The molecule has 2 atom stereocenters. The summed E-state index contributed by atoms with van der Waals surface area (Å²) in [6.07, 6.45) is 6.05. The number of nitrogens with zero attached hydrogens (tertiary/aromatic N) is 3. The lowest BCUT2D eigenvalue weighted by Crippen LogP contribution is -2.51. The third kappa shape index (κ3) is 10.5. The summed E-state index contributed by atoms with van der Waals surface area (Å²) in [5.74, 6) is -0.920. The highest BCUT2D eigenvalue weighted by Crippen LogP contribution is 2.40. The number of piperidine rings is 1. The van der Waals surface area contributed by atoms with Crippen molar-refractivity contribution in [3.8, 4) is 16.9 Å². The molecule has 0 radical (unpaired) electrons. The van der Waals surface area contributed by atoms with Gasteiger partial charge in [0.25, 0.3) is 5.91 Å². The molecule has 2 aliphatic rings. The number of aryl methyl sites for hydroxylation is 1. The third-order valence-electron chi connectivity index (χ3n) is 9.98. The van der Waals surface area contributed by atoms with Crippen molar-refractivity contribution in [2.75, 3.05) is 39.7 Å². The van der Waals surface area contributed by atoms with Crippen molar-refractivity contribution >= 4 is 38.8 Å². The number of hydrogen-bond donors (Lipinski definition) is 1. The first kappa shape index (κ1) is 39.8. The number of fused-ring (bicyclic) bond motifs is 1. The number of nitrogens with one attached hydrogen (secondary N) is 1. The largest absolute Gasteiger partial charge is 0.484 e. The fourth-order valence-electron chi connectivity index (χ4n) is 7.35. The van der Waals surface area contributed by atoms with Gasteiger partial charge in [0, 0.05) is 63.0 Å². The van der Waals surface area contributed by atoms with E-state index in [2.05, 4.69) is 39.9 Å². The summed E-state index contributed by atoms with van der Waals surface area (Å²) in [6.45, 7) is 7.80. The van der Waals surface area contributed by atoms with Crippen LogP contribution in [0.3, 0.4) is 0 Å². The molecule has 1 saturated carbocycles. The van der Waals surface area contributed by atoms with Gasteiger partial charge in [0.2, 0.25) is 15.9 Å². The summed E-state index contributed by atoms with van der Waals surface area (Å²) < 4.78 is 43.4. The Morgan fingerprint density at radius 2 is 1.69 bits per heavy atom. The van der Waals surface area contributed by atoms with E-state index >= 15 is 4.79 Å². The topological polar surface area (TPSA) is 136 Å². The average Bonchev–Trinajstić information content (AvgIpc) is 3.93. The first-order valence-corrected chi connectivity index (χ1v) is 20.8. The fourth-order valence-corrected chi connectivity index (χ4v) is 7.83. The van der Waals surface area contributed by atoms with Crippen LogP contribution in [-0.4, -0.2) is 92.0 Å². The zero-order valence-electron chi connectivity index (χ0n) is 32.3. The molecular formula is C42H52N4O8S. The SMILES string of the molecule is COCCCn1cc(CN(C(=O)[C@H]2CN(C(=O)OC(C)(C)C)CC[C@@H]2c2cccc(-c3ccc(OCC(=O)NS(C)(=O)=O)cc3)c2)C2CC2)c2ccccc21. The van der Waals surface area contributed by atoms with Crippen LogP contribution in [0.15, 0.2) is 79.0 Å². The maximum Gasteiger partial charge on any atom is 0.410 e. The molecule has 3 aromatic carbocycles. The van der Waals surface area contributed by atoms with Crippen LogP contribution < -0.4 is 9.46 Å². The lowest BCUT2D eigenvalue weighted by atomic mass is 9.79. The van der Waals surface area contributed by atoms with Gasteiger partial charge >= 0.3 is 6.09 Å². The van der Waals surface area contributed by atoms with Crippen LogP contribution >= 0.6 is 0 Å². The molecule has 12 nitrogen and oxygen atoms in total. The highest BCUT2D eigenvalue weighted by molar-refractivity contribution is 7.89. The minimum absolute atomic E-state index is 0.0452. The molecule has 1 N–H and O–H groups in total. The maximum atomic E-state index is 15.0. The van der Waals surface area contributed by atoms with Crippen molar-refractivity contribution in [2.24, 2.45) is 5.92 Å². The van der Waals surface area contributed by atoms with Gasteiger partial charge in [-0.25, -0.2) is 13.2 Å². The van der Waals surface area contributed by atoms with E-state index in [1.807, 2.05) is 61.9 Å². The minimum atomic E-state index is -3.67. The second-order valence-electron chi connectivity index (χ2n) is 15.6. The quantitative estimate of drug-likeness (QED) is 0.147. The number of ether oxygens (including phenoxy) is 3. The Morgan fingerprint density at radius 3 is 2.38 bits per heavy atom.